The second-order valence-corrected chi connectivity index (χ2v) is 4.44. The van der Waals surface area contributed by atoms with Gasteiger partial charge < -0.3 is 0 Å². The molecule has 0 saturated carbocycles. The van der Waals surface area contributed by atoms with Crippen LogP contribution in [-0.4, -0.2) is 0 Å². The highest BCUT2D eigenvalue weighted by atomic mass is 14.3. The Kier molecular flexibility index (Phi) is 4.70. The molecular formula is C18H14N2. The maximum atomic E-state index is 9.15. The molecule has 2 nitrogen and oxygen atoms in total. The summed E-state index contributed by atoms with van der Waals surface area (Å²) in [5.41, 5.74) is 2.04. The predicted octanol–water partition coefficient (Wildman–Crippen LogP) is 4.15. The van der Waals surface area contributed by atoms with E-state index in [1.165, 1.54) is 0 Å². The molecule has 2 rings (SSSR count). The monoisotopic (exact) mass is 258 g/mol. The Morgan fingerprint density at radius 2 is 1.35 bits per heavy atom. The van der Waals surface area contributed by atoms with Gasteiger partial charge in [0.15, 0.2) is 0 Å². The molecule has 0 aliphatic rings. The van der Waals surface area contributed by atoms with Gasteiger partial charge in [-0.3, -0.25) is 0 Å². The molecule has 0 saturated heterocycles. The summed E-state index contributed by atoms with van der Waals surface area (Å²) in [5.74, 6) is -0.899. The van der Waals surface area contributed by atoms with E-state index >= 15 is 0 Å². The summed E-state index contributed by atoms with van der Waals surface area (Å²) >= 11 is 0. The van der Waals surface area contributed by atoms with Crippen molar-refractivity contribution in [3.05, 3.63) is 77.9 Å². The zero-order valence-electron chi connectivity index (χ0n) is 11.0. The van der Waals surface area contributed by atoms with Crippen LogP contribution < -0.4 is 0 Å². The van der Waals surface area contributed by atoms with Crippen LogP contribution in [0.3, 0.4) is 0 Å². The Labute approximate surface area is 119 Å². The molecule has 2 aromatic rings. The van der Waals surface area contributed by atoms with E-state index in [1.54, 1.807) is 0 Å². The number of nitrogens with zero attached hydrogens (tertiary/aromatic N) is 2. The van der Waals surface area contributed by atoms with Gasteiger partial charge in [0.2, 0.25) is 0 Å². The van der Waals surface area contributed by atoms with Crippen molar-refractivity contribution in [2.24, 2.45) is 5.92 Å². The lowest BCUT2D eigenvalue weighted by Gasteiger charge is -2.13. The van der Waals surface area contributed by atoms with Crippen LogP contribution in [0.2, 0.25) is 0 Å². The summed E-state index contributed by atoms with van der Waals surface area (Å²) in [6, 6.07) is 23.7. The summed E-state index contributed by atoms with van der Waals surface area (Å²) in [6.07, 6.45) is 3.89. The van der Waals surface area contributed by atoms with E-state index in [1.807, 2.05) is 72.8 Å². The van der Waals surface area contributed by atoms with Crippen molar-refractivity contribution in [2.75, 3.05) is 0 Å². The van der Waals surface area contributed by atoms with Crippen LogP contribution in [0.5, 0.6) is 0 Å². The number of benzene rings is 2. The number of allylic oxidation sites excluding steroid dienone is 1. The normalized spacial score (nSPS) is 11.9. The van der Waals surface area contributed by atoms with E-state index in [9.17, 15) is 0 Å². The van der Waals surface area contributed by atoms with Gasteiger partial charge in [-0.1, -0.05) is 72.8 Å². The summed E-state index contributed by atoms with van der Waals surface area (Å²) in [7, 11) is 0. The topological polar surface area (TPSA) is 47.6 Å². The molecule has 0 aromatic heterocycles. The first-order chi connectivity index (χ1) is 9.85. The quantitative estimate of drug-likeness (QED) is 0.827. The van der Waals surface area contributed by atoms with E-state index in [0.29, 0.717) is 0 Å². The summed E-state index contributed by atoms with van der Waals surface area (Å²) in [6.45, 7) is 0. The van der Waals surface area contributed by atoms with Crippen molar-refractivity contribution in [3.8, 4) is 12.1 Å². The first-order valence-corrected chi connectivity index (χ1v) is 6.42. The van der Waals surface area contributed by atoms with Crippen LogP contribution in [0.15, 0.2) is 66.7 Å². The van der Waals surface area contributed by atoms with Gasteiger partial charge in [-0.15, -0.1) is 0 Å². The number of hydrogen-bond donors (Lipinski definition) is 0. The van der Waals surface area contributed by atoms with E-state index in [0.717, 1.165) is 11.1 Å². The third-order valence-corrected chi connectivity index (χ3v) is 3.12. The van der Waals surface area contributed by atoms with E-state index in [4.69, 9.17) is 10.5 Å². The van der Waals surface area contributed by atoms with Crippen molar-refractivity contribution in [1.82, 2.24) is 0 Å². The molecule has 0 bridgehead atoms. The molecule has 2 heteroatoms. The first-order valence-electron chi connectivity index (χ1n) is 6.42. The van der Waals surface area contributed by atoms with Crippen molar-refractivity contribution >= 4 is 6.08 Å². The molecule has 0 heterocycles. The van der Waals surface area contributed by atoms with Crippen molar-refractivity contribution in [1.29, 1.82) is 10.5 Å². The zero-order chi connectivity index (χ0) is 14.2. The Hall–Kier alpha value is -2.84. The van der Waals surface area contributed by atoms with Crippen molar-refractivity contribution in [2.45, 2.75) is 5.92 Å². The fourth-order valence-electron chi connectivity index (χ4n) is 2.06. The van der Waals surface area contributed by atoms with Gasteiger partial charge >= 0.3 is 0 Å². The van der Waals surface area contributed by atoms with Crippen LogP contribution in [0.4, 0.5) is 0 Å². The molecule has 0 amide bonds. The maximum absolute atomic E-state index is 9.15. The highest BCUT2D eigenvalue weighted by Gasteiger charge is 2.19. The average Bonchev–Trinajstić information content (AvgIpc) is 2.53. The van der Waals surface area contributed by atoms with Crippen LogP contribution in [-0.2, 0) is 0 Å². The van der Waals surface area contributed by atoms with Gasteiger partial charge in [-0.25, -0.2) is 0 Å². The molecule has 0 fully saturated rings. The van der Waals surface area contributed by atoms with Gasteiger partial charge in [0, 0.05) is 5.92 Å². The van der Waals surface area contributed by atoms with Gasteiger partial charge in [0.1, 0.15) is 5.92 Å². The molecule has 0 aliphatic carbocycles. The second kappa shape index (κ2) is 6.92. The Balaban J connectivity index is 2.32. The molecule has 0 spiro atoms. The highest BCUT2D eigenvalue weighted by Crippen LogP contribution is 2.26. The first kappa shape index (κ1) is 13.6. The van der Waals surface area contributed by atoms with Gasteiger partial charge in [-0.2, -0.15) is 10.5 Å². The molecule has 0 unspecified atom stereocenters. The van der Waals surface area contributed by atoms with E-state index < -0.39 is 5.92 Å². The summed E-state index contributed by atoms with van der Waals surface area (Å²) in [5, 5.41) is 18.3. The Morgan fingerprint density at radius 1 is 0.800 bits per heavy atom. The minimum absolute atomic E-state index is 0.216. The molecule has 0 aliphatic heterocycles. The smallest absolute Gasteiger partial charge is 0.143 e. The predicted molar refractivity (Wildman–Crippen MR) is 79.4 cm³/mol. The summed E-state index contributed by atoms with van der Waals surface area (Å²) < 4.78 is 0. The van der Waals surface area contributed by atoms with Gasteiger partial charge in [0.05, 0.1) is 12.1 Å². The number of hydrogen-bond acceptors (Lipinski definition) is 2. The minimum atomic E-state index is -0.683. The van der Waals surface area contributed by atoms with Crippen LogP contribution in [0.1, 0.15) is 17.0 Å². The number of rotatable bonds is 4. The zero-order valence-corrected chi connectivity index (χ0v) is 11.0. The Bertz CT molecular complexity index is 631. The fourth-order valence-corrected chi connectivity index (χ4v) is 2.06. The molecule has 0 radical (unpaired) electrons. The average molecular weight is 258 g/mol. The van der Waals surface area contributed by atoms with Crippen LogP contribution in [0, 0.1) is 28.6 Å². The Morgan fingerprint density at radius 3 is 1.90 bits per heavy atom. The van der Waals surface area contributed by atoms with Gasteiger partial charge in [-0.05, 0) is 11.1 Å². The maximum Gasteiger partial charge on any atom is 0.143 e. The summed E-state index contributed by atoms with van der Waals surface area (Å²) in [4.78, 5) is 0. The van der Waals surface area contributed by atoms with Crippen LogP contribution in [0.25, 0.3) is 6.08 Å². The lowest BCUT2D eigenvalue weighted by molar-refractivity contribution is 0.735. The van der Waals surface area contributed by atoms with Crippen molar-refractivity contribution in [3.63, 3.8) is 0 Å². The van der Waals surface area contributed by atoms with E-state index in [2.05, 4.69) is 12.1 Å². The second-order valence-electron chi connectivity index (χ2n) is 4.44. The largest absolute Gasteiger partial charge is 0.197 e. The molecule has 20 heavy (non-hydrogen) atoms. The third-order valence-electron chi connectivity index (χ3n) is 3.12. The fraction of sp³-hybridized carbons (Fsp3) is 0.111. The molecule has 0 N–H and O–H groups in total. The van der Waals surface area contributed by atoms with Crippen LogP contribution >= 0.6 is 0 Å². The minimum Gasteiger partial charge on any atom is -0.197 e. The standard InChI is InChI=1S/C18H14N2/c19-13-17(14-20)18(16-9-5-2-6-10-16)12-11-15-7-3-1-4-8-15/h1-12,17-18H/b12-11+/t18-/m1/s1. The molecule has 1 atom stereocenters. The molecule has 96 valence electrons. The molecule has 2 aromatic carbocycles. The highest BCUT2D eigenvalue weighted by molar-refractivity contribution is 5.51. The lowest BCUT2D eigenvalue weighted by Crippen LogP contribution is -2.06. The molecular weight excluding hydrogens is 244 g/mol. The lowest BCUT2D eigenvalue weighted by atomic mass is 9.87. The van der Waals surface area contributed by atoms with Gasteiger partial charge in [0.25, 0.3) is 0 Å². The number of nitriles is 2. The van der Waals surface area contributed by atoms with E-state index in [-0.39, 0.29) is 5.92 Å². The van der Waals surface area contributed by atoms with Crippen molar-refractivity contribution < 1.29 is 0 Å². The third kappa shape index (κ3) is 3.34. The SMILES string of the molecule is N#CC(C#N)[C@H](/C=C/c1ccccc1)c1ccccc1.